The van der Waals surface area contributed by atoms with Gasteiger partial charge in [-0.15, -0.1) is 0 Å². The Kier molecular flexibility index (Phi) is 4.55. The van der Waals surface area contributed by atoms with Crippen molar-refractivity contribution in [3.63, 3.8) is 0 Å². The summed E-state index contributed by atoms with van der Waals surface area (Å²) in [5.74, 6) is 1.32. The molecule has 0 unspecified atom stereocenters. The second kappa shape index (κ2) is 7.02. The number of hydrogen-bond acceptors (Lipinski definition) is 7. The highest BCUT2D eigenvalue weighted by Crippen LogP contribution is 2.34. The molecule has 0 radical (unpaired) electrons. The monoisotopic (exact) mass is 397 g/mol. The Hall–Kier alpha value is -2.90. The van der Waals surface area contributed by atoms with Gasteiger partial charge in [0, 0.05) is 5.02 Å². The van der Waals surface area contributed by atoms with E-state index in [0.29, 0.717) is 27.4 Å². The molecule has 0 fully saturated rings. The molecule has 27 heavy (non-hydrogen) atoms. The molecular weight excluding hydrogens is 382 g/mol. The van der Waals surface area contributed by atoms with Crippen LogP contribution in [0.4, 0.5) is 16.6 Å². The highest BCUT2D eigenvalue weighted by Gasteiger charge is 2.13. The highest BCUT2D eigenvalue weighted by atomic mass is 35.5. The van der Waals surface area contributed by atoms with Crippen molar-refractivity contribution in [2.24, 2.45) is 0 Å². The number of ether oxygens (including phenoxy) is 1. The number of fused-ring (bicyclic) bond motifs is 1. The molecular formula is C19H16ClN5OS. The van der Waals surface area contributed by atoms with Gasteiger partial charge in [-0.1, -0.05) is 35.1 Å². The van der Waals surface area contributed by atoms with Crippen LogP contribution in [-0.2, 0) is 0 Å². The van der Waals surface area contributed by atoms with Crippen LogP contribution < -0.4 is 15.8 Å². The first kappa shape index (κ1) is 17.5. The van der Waals surface area contributed by atoms with Crippen molar-refractivity contribution in [3.8, 4) is 11.6 Å². The SMILES string of the molecule is Cc1cc(Oc2ncnc(Nc3nc4c(C)cccc4s3)c2N)ccc1Cl. The number of anilines is 3. The summed E-state index contributed by atoms with van der Waals surface area (Å²) in [4.78, 5) is 13.0. The molecule has 0 aliphatic carbocycles. The zero-order valence-corrected chi connectivity index (χ0v) is 16.2. The van der Waals surface area contributed by atoms with Gasteiger partial charge in [-0.05, 0) is 49.2 Å². The Balaban J connectivity index is 1.62. The highest BCUT2D eigenvalue weighted by molar-refractivity contribution is 7.22. The molecule has 4 rings (SSSR count). The van der Waals surface area contributed by atoms with Crippen molar-refractivity contribution in [1.82, 2.24) is 15.0 Å². The number of aryl methyl sites for hydroxylation is 2. The van der Waals surface area contributed by atoms with Crippen LogP contribution >= 0.6 is 22.9 Å². The zero-order chi connectivity index (χ0) is 19.0. The van der Waals surface area contributed by atoms with Gasteiger partial charge in [-0.2, -0.15) is 4.98 Å². The normalized spacial score (nSPS) is 10.9. The summed E-state index contributed by atoms with van der Waals surface area (Å²) in [7, 11) is 0. The van der Waals surface area contributed by atoms with Crippen LogP contribution in [0.15, 0.2) is 42.7 Å². The molecule has 0 amide bonds. The molecule has 8 heteroatoms. The average Bonchev–Trinajstić information content (AvgIpc) is 3.06. The number of hydrogen-bond donors (Lipinski definition) is 2. The van der Waals surface area contributed by atoms with E-state index in [4.69, 9.17) is 22.1 Å². The second-order valence-corrected chi connectivity index (χ2v) is 7.46. The van der Waals surface area contributed by atoms with E-state index in [1.807, 2.05) is 38.1 Å². The maximum atomic E-state index is 6.21. The van der Waals surface area contributed by atoms with E-state index >= 15 is 0 Å². The fraction of sp³-hybridized carbons (Fsp3) is 0.105. The average molecular weight is 398 g/mol. The fourth-order valence-electron chi connectivity index (χ4n) is 2.59. The van der Waals surface area contributed by atoms with E-state index in [-0.39, 0.29) is 5.88 Å². The van der Waals surface area contributed by atoms with Gasteiger partial charge in [0.25, 0.3) is 0 Å². The summed E-state index contributed by atoms with van der Waals surface area (Å²) >= 11 is 7.59. The molecule has 2 heterocycles. The van der Waals surface area contributed by atoms with Gasteiger partial charge in [0.2, 0.25) is 5.88 Å². The topological polar surface area (TPSA) is 86.0 Å². The van der Waals surface area contributed by atoms with E-state index in [2.05, 4.69) is 20.3 Å². The molecule has 3 N–H and O–H groups in total. The Morgan fingerprint density at radius 1 is 1.11 bits per heavy atom. The van der Waals surface area contributed by atoms with Crippen LogP contribution in [0.3, 0.4) is 0 Å². The summed E-state index contributed by atoms with van der Waals surface area (Å²) in [5, 5.41) is 4.54. The standard InChI is InChI=1S/C19H16ClN5OS/c1-10-4-3-5-14-16(10)24-19(27-14)25-17-15(21)18(23-9-22-17)26-12-6-7-13(20)11(2)8-12/h3-9H,21H2,1-2H3,(H,22,23,24,25). The Morgan fingerprint density at radius 3 is 2.74 bits per heavy atom. The van der Waals surface area contributed by atoms with E-state index in [9.17, 15) is 0 Å². The van der Waals surface area contributed by atoms with Gasteiger partial charge in [-0.25, -0.2) is 9.97 Å². The van der Waals surface area contributed by atoms with Gasteiger partial charge in [0.1, 0.15) is 17.8 Å². The zero-order valence-electron chi connectivity index (χ0n) is 14.7. The van der Waals surface area contributed by atoms with Crippen molar-refractivity contribution >= 4 is 49.8 Å². The molecule has 6 nitrogen and oxygen atoms in total. The number of rotatable bonds is 4. The molecule has 2 aromatic heterocycles. The largest absolute Gasteiger partial charge is 0.437 e. The third-order valence-electron chi connectivity index (χ3n) is 4.04. The van der Waals surface area contributed by atoms with Crippen LogP contribution in [0.2, 0.25) is 5.02 Å². The lowest BCUT2D eigenvalue weighted by molar-refractivity contribution is 0.464. The minimum absolute atomic E-state index is 0.270. The lowest BCUT2D eigenvalue weighted by Gasteiger charge is -2.11. The fourth-order valence-corrected chi connectivity index (χ4v) is 3.65. The quantitative estimate of drug-likeness (QED) is 0.474. The van der Waals surface area contributed by atoms with E-state index in [1.165, 1.54) is 17.7 Å². The molecule has 136 valence electrons. The minimum atomic E-state index is 0.270. The van der Waals surface area contributed by atoms with Crippen molar-refractivity contribution in [1.29, 1.82) is 0 Å². The second-order valence-electron chi connectivity index (χ2n) is 6.02. The van der Waals surface area contributed by atoms with Gasteiger partial charge in [0.15, 0.2) is 10.9 Å². The number of halogens is 1. The third kappa shape index (κ3) is 3.51. The Bertz CT molecular complexity index is 1140. The number of aromatic nitrogens is 3. The number of nitrogens with zero attached hydrogens (tertiary/aromatic N) is 3. The molecule has 0 spiro atoms. The number of nitrogens with one attached hydrogen (secondary N) is 1. The number of thiazole rings is 1. The van der Waals surface area contributed by atoms with Crippen LogP contribution in [0.5, 0.6) is 11.6 Å². The van der Waals surface area contributed by atoms with Crippen LogP contribution in [0, 0.1) is 13.8 Å². The van der Waals surface area contributed by atoms with Crippen molar-refractivity contribution in [2.75, 3.05) is 11.1 Å². The molecule has 0 saturated carbocycles. The number of nitrogen functional groups attached to an aromatic ring is 1. The number of nitrogens with two attached hydrogens (primary N) is 1. The van der Waals surface area contributed by atoms with Gasteiger partial charge >= 0.3 is 0 Å². The van der Waals surface area contributed by atoms with Crippen molar-refractivity contribution in [2.45, 2.75) is 13.8 Å². The molecule has 0 bridgehead atoms. The molecule has 4 aromatic rings. The summed E-state index contributed by atoms with van der Waals surface area (Å²) in [5.41, 5.74) is 9.51. The maximum Gasteiger partial charge on any atom is 0.248 e. The predicted octanol–water partition coefficient (Wildman–Crippen LogP) is 5.47. The third-order valence-corrected chi connectivity index (χ3v) is 5.40. The van der Waals surface area contributed by atoms with Gasteiger partial charge in [-0.3, -0.25) is 0 Å². The summed E-state index contributed by atoms with van der Waals surface area (Å²) in [6.45, 7) is 3.94. The molecule has 0 saturated heterocycles. The van der Waals surface area contributed by atoms with Crippen LogP contribution in [-0.4, -0.2) is 15.0 Å². The van der Waals surface area contributed by atoms with E-state index in [1.54, 1.807) is 12.1 Å². The minimum Gasteiger partial charge on any atom is -0.437 e. The molecule has 2 aromatic carbocycles. The van der Waals surface area contributed by atoms with E-state index < -0.39 is 0 Å². The smallest absolute Gasteiger partial charge is 0.248 e. The van der Waals surface area contributed by atoms with E-state index in [0.717, 1.165) is 21.3 Å². The first-order chi connectivity index (χ1) is 13.0. The first-order valence-electron chi connectivity index (χ1n) is 8.19. The Labute approximate surface area is 165 Å². The maximum absolute atomic E-state index is 6.21. The lowest BCUT2D eigenvalue weighted by Crippen LogP contribution is -2.03. The molecule has 0 atom stereocenters. The Morgan fingerprint density at radius 2 is 1.96 bits per heavy atom. The molecule has 0 aliphatic rings. The number of benzene rings is 2. The van der Waals surface area contributed by atoms with Gasteiger partial charge in [0.05, 0.1) is 10.2 Å². The van der Waals surface area contributed by atoms with Gasteiger partial charge < -0.3 is 15.8 Å². The summed E-state index contributed by atoms with van der Waals surface area (Å²) in [6, 6.07) is 11.4. The van der Waals surface area contributed by atoms with Crippen molar-refractivity contribution in [3.05, 3.63) is 58.9 Å². The van der Waals surface area contributed by atoms with Crippen LogP contribution in [0.25, 0.3) is 10.2 Å². The first-order valence-corrected chi connectivity index (χ1v) is 9.38. The summed E-state index contributed by atoms with van der Waals surface area (Å²) in [6.07, 6.45) is 1.40. The summed E-state index contributed by atoms with van der Waals surface area (Å²) < 4.78 is 6.91. The predicted molar refractivity (Wildman–Crippen MR) is 110 cm³/mol. The molecule has 0 aliphatic heterocycles. The lowest BCUT2D eigenvalue weighted by atomic mass is 10.2. The van der Waals surface area contributed by atoms with Crippen LogP contribution in [0.1, 0.15) is 11.1 Å². The van der Waals surface area contributed by atoms with Crippen molar-refractivity contribution < 1.29 is 4.74 Å². The number of para-hydroxylation sites is 1.